The fraction of sp³-hybridized carbons (Fsp3) is 0.389. The van der Waals surface area contributed by atoms with E-state index in [1.165, 1.54) is 0 Å². The van der Waals surface area contributed by atoms with E-state index in [-0.39, 0.29) is 11.8 Å². The third-order valence-corrected chi connectivity index (χ3v) is 4.38. The van der Waals surface area contributed by atoms with Crippen LogP contribution in [0.5, 0.6) is 0 Å². The Bertz CT molecular complexity index is 781. The Labute approximate surface area is 141 Å². The molecule has 1 atom stereocenters. The highest BCUT2D eigenvalue weighted by Crippen LogP contribution is 2.28. The lowest BCUT2D eigenvalue weighted by molar-refractivity contribution is -0.123. The molecule has 0 unspecified atom stereocenters. The number of aryl methyl sites for hydroxylation is 3. The lowest BCUT2D eigenvalue weighted by Gasteiger charge is -2.28. The van der Waals surface area contributed by atoms with Crippen LogP contribution in [-0.4, -0.2) is 27.6 Å². The zero-order valence-corrected chi connectivity index (χ0v) is 14.2. The minimum Gasteiger partial charge on any atom is -0.309 e. The van der Waals surface area contributed by atoms with Gasteiger partial charge in [-0.2, -0.15) is 5.10 Å². The van der Waals surface area contributed by atoms with E-state index in [4.69, 9.17) is 0 Å². The molecule has 0 aliphatic carbocycles. The molecule has 0 fully saturated rings. The van der Waals surface area contributed by atoms with Crippen LogP contribution in [0.2, 0.25) is 0 Å². The maximum atomic E-state index is 12.7. The van der Waals surface area contributed by atoms with Crippen molar-refractivity contribution < 1.29 is 9.59 Å². The molecular formula is C18H22N4O2. The largest absolute Gasteiger partial charge is 0.309 e. The van der Waals surface area contributed by atoms with Crippen molar-refractivity contribution in [3.63, 3.8) is 0 Å². The van der Waals surface area contributed by atoms with Gasteiger partial charge in [0.2, 0.25) is 11.8 Å². The number of amides is 2. The van der Waals surface area contributed by atoms with E-state index in [1.54, 1.807) is 23.6 Å². The van der Waals surface area contributed by atoms with Gasteiger partial charge in [0.1, 0.15) is 11.9 Å². The molecule has 1 N–H and O–H groups in total. The van der Waals surface area contributed by atoms with Gasteiger partial charge in [0.05, 0.1) is 5.69 Å². The van der Waals surface area contributed by atoms with E-state index in [2.05, 4.69) is 10.4 Å². The van der Waals surface area contributed by atoms with Crippen LogP contribution < -0.4 is 10.2 Å². The summed E-state index contributed by atoms with van der Waals surface area (Å²) in [6, 6.07) is 9.03. The van der Waals surface area contributed by atoms with Gasteiger partial charge in [-0.05, 0) is 38.3 Å². The normalized spacial score (nSPS) is 15.6. The predicted octanol–water partition coefficient (Wildman–Crippen LogP) is 2.43. The highest BCUT2D eigenvalue weighted by atomic mass is 16.2. The molecule has 2 amide bonds. The first-order valence-corrected chi connectivity index (χ1v) is 8.19. The third-order valence-electron chi connectivity index (χ3n) is 4.38. The first-order valence-electron chi connectivity index (χ1n) is 8.19. The van der Waals surface area contributed by atoms with Crippen molar-refractivity contribution in [1.82, 2.24) is 9.78 Å². The van der Waals surface area contributed by atoms with Gasteiger partial charge in [-0.25, -0.2) is 0 Å². The van der Waals surface area contributed by atoms with Crippen LogP contribution in [0.15, 0.2) is 30.3 Å². The molecule has 0 saturated heterocycles. The molecule has 2 heterocycles. The second kappa shape index (κ2) is 6.47. The summed E-state index contributed by atoms with van der Waals surface area (Å²) in [6.45, 7) is 3.63. The first-order chi connectivity index (χ1) is 11.5. The van der Waals surface area contributed by atoms with Crippen LogP contribution in [-0.2, 0) is 23.1 Å². The Hall–Kier alpha value is -2.63. The van der Waals surface area contributed by atoms with Crippen LogP contribution in [0.25, 0.3) is 0 Å². The number of hydrogen-bond donors (Lipinski definition) is 1. The van der Waals surface area contributed by atoms with Gasteiger partial charge in [-0.15, -0.1) is 0 Å². The maximum absolute atomic E-state index is 12.7. The van der Waals surface area contributed by atoms with Crippen molar-refractivity contribution in [3.05, 3.63) is 41.6 Å². The first kappa shape index (κ1) is 16.2. The van der Waals surface area contributed by atoms with Crippen molar-refractivity contribution in [2.24, 2.45) is 7.05 Å². The zero-order chi connectivity index (χ0) is 17.3. The van der Waals surface area contributed by atoms with Crippen LogP contribution in [0.3, 0.4) is 0 Å². The minimum absolute atomic E-state index is 0.0104. The fourth-order valence-corrected chi connectivity index (χ4v) is 3.14. The van der Waals surface area contributed by atoms with Crippen molar-refractivity contribution in [2.45, 2.75) is 39.2 Å². The molecule has 0 radical (unpaired) electrons. The number of fused-ring (bicyclic) bond motifs is 1. The summed E-state index contributed by atoms with van der Waals surface area (Å²) < 4.78 is 1.62. The molecule has 2 aromatic rings. The lowest BCUT2D eigenvalue weighted by atomic mass is 10.1. The quantitative estimate of drug-likeness (QED) is 0.942. The maximum Gasteiger partial charge on any atom is 0.248 e. The highest BCUT2D eigenvalue weighted by molar-refractivity contribution is 6.05. The Morgan fingerprint density at radius 3 is 2.75 bits per heavy atom. The van der Waals surface area contributed by atoms with Crippen molar-refractivity contribution in [2.75, 3.05) is 10.2 Å². The highest BCUT2D eigenvalue weighted by Gasteiger charge is 2.30. The van der Waals surface area contributed by atoms with Crippen molar-refractivity contribution in [1.29, 1.82) is 0 Å². The van der Waals surface area contributed by atoms with Crippen molar-refractivity contribution in [3.8, 4) is 0 Å². The summed E-state index contributed by atoms with van der Waals surface area (Å²) in [5.74, 6) is 0.395. The van der Waals surface area contributed by atoms with Crippen LogP contribution in [0.4, 0.5) is 11.5 Å². The minimum atomic E-state index is -0.591. The molecule has 6 heteroatoms. The Morgan fingerprint density at radius 1 is 1.29 bits per heavy atom. The molecule has 0 bridgehead atoms. The summed E-state index contributed by atoms with van der Waals surface area (Å²) in [5, 5.41) is 7.09. The molecule has 1 aromatic heterocycles. The van der Waals surface area contributed by atoms with Gasteiger partial charge in [0, 0.05) is 25.2 Å². The van der Waals surface area contributed by atoms with Crippen LogP contribution in [0.1, 0.15) is 31.0 Å². The molecule has 0 spiro atoms. The standard InChI is InChI=1S/C18H22N4O2/c1-12-11-16(21(3)20-12)19-18(24)13(2)22-15-9-5-4-7-14(15)8-6-10-17(22)23/h4-5,7,9,11,13H,6,8,10H2,1-3H3,(H,19,24)/t13-/m1/s1. The van der Waals surface area contributed by atoms with Gasteiger partial charge in [-0.3, -0.25) is 19.2 Å². The predicted molar refractivity (Wildman–Crippen MR) is 92.9 cm³/mol. The molecule has 6 nitrogen and oxygen atoms in total. The number of aromatic nitrogens is 2. The van der Waals surface area contributed by atoms with Crippen LogP contribution >= 0.6 is 0 Å². The topological polar surface area (TPSA) is 67.2 Å². The zero-order valence-electron chi connectivity index (χ0n) is 14.2. The molecule has 1 aliphatic rings. The van der Waals surface area contributed by atoms with Gasteiger partial charge >= 0.3 is 0 Å². The number of anilines is 2. The number of benzene rings is 1. The van der Waals surface area contributed by atoms with Crippen molar-refractivity contribution >= 4 is 23.3 Å². The average molecular weight is 326 g/mol. The SMILES string of the molecule is Cc1cc(NC(=O)[C@@H](C)N2C(=O)CCCc3ccccc32)n(C)n1. The molecule has 0 saturated carbocycles. The summed E-state index contributed by atoms with van der Waals surface area (Å²) in [7, 11) is 1.78. The number of carbonyl (C=O) groups excluding carboxylic acids is 2. The Balaban J connectivity index is 1.87. The second-order valence-electron chi connectivity index (χ2n) is 6.21. The monoisotopic (exact) mass is 326 g/mol. The average Bonchev–Trinajstić information content (AvgIpc) is 2.76. The smallest absolute Gasteiger partial charge is 0.248 e. The number of rotatable bonds is 3. The Kier molecular flexibility index (Phi) is 4.38. The number of para-hydroxylation sites is 1. The number of nitrogens with one attached hydrogen (secondary N) is 1. The summed E-state index contributed by atoms with van der Waals surface area (Å²) in [4.78, 5) is 26.9. The number of hydrogen-bond acceptors (Lipinski definition) is 3. The van der Waals surface area contributed by atoms with E-state index >= 15 is 0 Å². The molecule has 1 aliphatic heterocycles. The fourth-order valence-electron chi connectivity index (χ4n) is 3.14. The second-order valence-corrected chi connectivity index (χ2v) is 6.21. The Morgan fingerprint density at radius 2 is 2.04 bits per heavy atom. The lowest BCUT2D eigenvalue weighted by Crippen LogP contribution is -2.46. The molecule has 3 rings (SSSR count). The van der Waals surface area contributed by atoms with E-state index < -0.39 is 6.04 Å². The summed E-state index contributed by atoms with van der Waals surface area (Å²) >= 11 is 0. The molecular weight excluding hydrogens is 304 g/mol. The van der Waals surface area contributed by atoms with Gasteiger partial charge in [0.15, 0.2) is 0 Å². The van der Waals surface area contributed by atoms with E-state index in [0.29, 0.717) is 12.2 Å². The van der Waals surface area contributed by atoms with E-state index in [9.17, 15) is 9.59 Å². The van der Waals surface area contributed by atoms with Gasteiger partial charge < -0.3 is 5.32 Å². The van der Waals surface area contributed by atoms with Gasteiger partial charge in [-0.1, -0.05) is 18.2 Å². The van der Waals surface area contributed by atoms with Crippen LogP contribution in [0, 0.1) is 6.92 Å². The molecule has 126 valence electrons. The molecule has 24 heavy (non-hydrogen) atoms. The van der Waals surface area contributed by atoms with E-state index in [0.717, 1.165) is 29.8 Å². The third kappa shape index (κ3) is 3.04. The summed E-state index contributed by atoms with van der Waals surface area (Å²) in [6.07, 6.45) is 2.12. The summed E-state index contributed by atoms with van der Waals surface area (Å²) in [5.41, 5.74) is 2.78. The number of carbonyl (C=O) groups is 2. The number of nitrogens with zero attached hydrogens (tertiary/aromatic N) is 3. The van der Waals surface area contributed by atoms with E-state index in [1.807, 2.05) is 37.3 Å². The molecule has 1 aromatic carbocycles. The van der Waals surface area contributed by atoms with Gasteiger partial charge in [0.25, 0.3) is 0 Å².